The number of rotatable bonds is 4. The number of nitrogens with zero attached hydrogens (tertiary/aromatic N) is 1. The molecule has 5 heteroatoms. The fourth-order valence-corrected chi connectivity index (χ4v) is 4.27. The van der Waals surface area contributed by atoms with E-state index in [1.54, 1.807) is 11.3 Å². The van der Waals surface area contributed by atoms with Crippen molar-refractivity contribution in [1.29, 1.82) is 5.26 Å². The summed E-state index contributed by atoms with van der Waals surface area (Å²) in [7, 11) is 0. The first kappa shape index (κ1) is 14.9. The number of thioether (sulfide) groups is 1. The van der Waals surface area contributed by atoms with Crippen LogP contribution in [0.3, 0.4) is 0 Å². The van der Waals surface area contributed by atoms with Crippen molar-refractivity contribution in [3.63, 3.8) is 0 Å². The van der Waals surface area contributed by atoms with Crippen molar-refractivity contribution in [3.05, 3.63) is 68.9 Å². The van der Waals surface area contributed by atoms with Crippen LogP contribution >= 0.6 is 23.1 Å². The number of allylic oxidation sites excluding steroid dienone is 1. The molecule has 1 aliphatic rings. The summed E-state index contributed by atoms with van der Waals surface area (Å²) in [4.78, 5) is 13.1. The molecule has 0 unspecified atom stereocenters. The van der Waals surface area contributed by atoms with Gasteiger partial charge in [-0.15, -0.1) is 23.1 Å². The van der Waals surface area contributed by atoms with Crippen molar-refractivity contribution in [3.8, 4) is 6.07 Å². The molecular formula is C17H14N2OS2. The van der Waals surface area contributed by atoms with Crippen LogP contribution in [0.2, 0.25) is 0 Å². The van der Waals surface area contributed by atoms with Crippen LogP contribution in [0.25, 0.3) is 0 Å². The Morgan fingerprint density at radius 2 is 2.09 bits per heavy atom. The van der Waals surface area contributed by atoms with Crippen molar-refractivity contribution in [2.24, 2.45) is 0 Å². The molecule has 3 nitrogen and oxygen atoms in total. The Bertz CT molecular complexity index is 730. The molecule has 22 heavy (non-hydrogen) atoms. The maximum Gasteiger partial charge on any atom is 0.225 e. The maximum atomic E-state index is 12.0. The highest BCUT2D eigenvalue weighted by molar-refractivity contribution is 8.02. The number of carbonyl (C=O) groups is 1. The second-order valence-electron chi connectivity index (χ2n) is 4.95. The fraction of sp³-hybridized carbons (Fsp3) is 0.176. The highest BCUT2D eigenvalue weighted by Crippen LogP contribution is 2.38. The number of carbonyl (C=O) groups excluding carboxylic acids is 1. The van der Waals surface area contributed by atoms with E-state index in [1.165, 1.54) is 17.3 Å². The minimum absolute atomic E-state index is 0.0204. The Kier molecular flexibility index (Phi) is 4.62. The van der Waals surface area contributed by atoms with Gasteiger partial charge >= 0.3 is 0 Å². The van der Waals surface area contributed by atoms with Gasteiger partial charge in [-0.25, -0.2) is 0 Å². The van der Waals surface area contributed by atoms with E-state index in [2.05, 4.69) is 11.4 Å². The largest absolute Gasteiger partial charge is 0.320 e. The second kappa shape index (κ2) is 6.82. The quantitative estimate of drug-likeness (QED) is 0.923. The van der Waals surface area contributed by atoms with Crippen LogP contribution in [0.5, 0.6) is 0 Å². The topological polar surface area (TPSA) is 52.9 Å². The highest BCUT2D eigenvalue weighted by Gasteiger charge is 2.30. The van der Waals surface area contributed by atoms with E-state index in [1.807, 2.05) is 47.8 Å². The van der Waals surface area contributed by atoms with Crippen LogP contribution in [-0.2, 0) is 10.5 Å². The number of hydrogen-bond acceptors (Lipinski definition) is 4. The first-order chi connectivity index (χ1) is 10.8. The lowest BCUT2D eigenvalue weighted by Gasteiger charge is -2.24. The Morgan fingerprint density at radius 3 is 2.77 bits per heavy atom. The molecule has 1 aliphatic heterocycles. The number of benzene rings is 1. The third kappa shape index (κ3) is 3.24. The Labute approximate surface area is 137 Å². The number of hydrogen-bond donors (Lipinski definition) is 1. The Balaban J connectivity index is 1.85. The van der Waals surface area contributed by atoms with Crippen LogP contribution in [0.15, 0.2) is 58.4 Å². The van der Waals surface area contributed by atoms with Gasteiger partial charge in [0, 0.05) is 23.0 Å². The average molecular weight is 326 g/mol. The zero-order valence-electron chi connectivity index (χ0n) is 11.8. The van der Waals surface area contributed by atoms with Gasteiger partial charge in [0.25, 0.3) is 0 Å². The summed E-state index contributed by atoms with van der Waals surface area (Å²) in [5, 5.41) is 15.1. The van der Waals surface area contributed by atoms with E-state index in [9.17, 15) is 10.1 Å². The molecule has 110 valence electrons. The van der Waals surface area contributed by atoms with Gasteiger partial charge in [-0.05, 0) is 17.0 Å². The van der Waals surface area contributed by atoms with Crippen molar-refractivity contribution in [2.45, 2.75) is 18.1 Å². The van der Waals surface area contributed by atoms with Gasteiger partial charge in [0.15, 0.2) is 0 Å². The molecule has 0 bridgehead atoms. The van der Waals surface area contributed by atoms with Gasteiger partial charge in [0.2, 0.25) is 5.91 Å². The molecule has 0 fully saturated rings. The molecule has 2 heterocycles. The lowest BCUT2D eigenvalue weighted by molar-refractivity contribution is -0.120. The van der Waals surface area contributed by atoms with E-state index >= 15 is 0 Å². The molecule has 1 aromatic carbocycles. The van der Waals surface area contributed by atoms with Crippen LogP contribution in [0.4, 0.5) is 0 Å². The zero-order valence-corrected chi connectivity index (χ0v) is 13.4. The molecule has 2 aromatic rings. The SMILES string of the molecule is N#CC1=C(SCc2ccccc2)NC(=O)C[C@H]1c1cccs1. The van der Waals surface area contributed by atoms with Gasteiger partial charge in [0.1, 0.15) is 0 Å². The molecule has 1 amide bonds. The smallest absolute Gasteiger partial charge is 0.225 e. The summed E-state index contributed by atoms with van der Waals surface area (Å²) >= 11 is 3.11. The molecule has 1 atom stereocenters. The summed E-state index contributed by atoms with van der Waals surface area (Å²) in [6.07, 6.45) is 0.346. The van der Waals surface area contributed by atoms with Crippen LogP contribution < -0.4 is 5.32 Å². The van der Waals surface area contributed by atoms with E-state index in [0.717, 1.165) is 10.6 Å². The van der Waals surface area contributed by atoms with Crippen molar-refractivity contribution < 1.29 is 4.79 Å². The monoisotopic (exact) mass is 326 g/mol. The first-order valence-corrected chi connectivity index (χ1v) is 8.78. The number of thiophene rings is 1. The van der Waals surface area contributed by atoms with Crippen molar-refractivity contribution >= 4 is 29.0 Å². The molecule has 0 saturated carbocycles. The molecule has 1 aromatic heterocycles. The number of nitrogens with one attached hydrogen (secondary N) is 1. The van der Waals surface area contributed by atoms with Gasteiger partial charge in [-0.3, -0.25) is 4.79 Å². The van der Waals surface area contributed by atoms with E-state index in [4.69, 9.17) is 0 Å². The molecule has 0 radical (unpaired) electrons. The minimum atomic E-state index is -0.114. The van der Waals surface area contributed by atoms with Crippen molar-refractivity contribution in [1.82, 2.24) is 5.32 Å². The molecule has 0 saturated heterocycles. The van der Waals surface area contributed by atoms with Gasteiger partial charge < -0.3 is 5.32 Å². The maximum absolute atomic E-state index is 12.0. The number of nitriles is 1. The van der Waals surface area contributed by atoms with Crippen molar-refractivity contribution in [2.75, 3.05) is 0 Å². The zero-order chi connectivity index (χ0) is 15.4. The summed E-state index contributed by atoms with van der Waals surface area (Å²) < 4.78 is 0. The van der Waals surface area contributed by atoms with Crippen LogP contribution in [0, 0.1) is 11.3 Å². The minimum Gasteiger partial charge on any atom is -0.320 e. The summed E-state index contributed by atoms with van der Waals surface area (Å²) in [5.41, 5.74) is 1.84. The Hall–Kier alpha value is -2.03. The molecule has 1 N–H and O–H groups in total. The van der Waals surface area contributed by atoms with Gasteiger partial charge in [0.05, 0.1) is 16.7 Å². The first-order valence-electron chi connectivity index (χ1n) is 6.92. The Morgan fingerprint density at radius 1 is 1.27 bits per heavy atom. The third-order valence-electron chi connectivity index (χ3n) is 3.47. The number of amides is 1. The lowest BCUT2D eigenvalue weighted by atomic mass is 9.93. The van der Waals surface area contributed by atoms with E-state index in [0.29, 0.717) is 17.0 Å². The average Bonchev–Trinajstić information content (AvgIpc) is 3.07. The van der Waals surface area contributed by atoms with Crippen LogP contribution in [-0.4, -0.2) is 5.91 Å². The van der Waals surface area contributed by atoms with Gasteiger partial charge in [-0.1, -0.05) is 36.4 Å². The van der Waals surface area contributed by atoms with Gasteiger partial charge in [-0.2, -0.15) is 5.26 Å². The highest BCUT2D eigenvalue weighted by atomic mass is 32.2. The molecule has 0 spiro atoms. The van der Waals surface area contributed by atoms with E-state index < -0.39 is 0 Å². The summed E-state index contributed by atoms with van der Waals surface area (Å²) in [6, 6.07) is 16.3. The van der Waals surface area contributed by atoms with Crippen LogP contribution in [0.1, 0.15) is 22.8 Å². The van der Waals surface area contributed by atoms with E-state index in [-0.39, 0.29) is 11.8 Å². The summed E-state index contributed by atoms with van der Waals surface area (Å²) in [5.74, 6) is 0.601. The molecule has 0 aliphatic carbocycles. The standard InChI is InChI=1S/C17H14N2OS2/c18-10-14-13(15-7-4-8-21-15)9-16(20)19-17(14)22-11-12-5-2-1-3-6-12/h1-8,13H,9,11H2,(H,19,20)/t13-/m1/s1. The summed E-state index contributed by atoms with van der Waals surface area (Å²) in [6.45, 7) is 0. The molecular weight excluding hydrogens is 312 g/mol. The predicted molar refractivity (Wildman–Crippen MR) is 90.2 cm³/mol. The molecule has 3 rings (SSSR count). The third-order valence-corrected chi connectivity index (χ3v) is 5.54. The lowest BCUT2D eigenvalue weighted by Crippen LogP contribution is -2.30. The fourth-order valence-electron chi connectivity index (χ4n) is 2.40. The second-order valence-corrected chi connectivity index (χ2v) is 6.91. The normalized spacial score (nSPS) is 18.0. The predicted octanol–water partition coefficient (Wildman–Crippen LogP) is 4.02.